The zero-order chi connectivity index (χ0) is 18.9. The molecule has 0 radical (unpaired) electrons. The van der Waals surface area contributed by atoms with E-state index in [0.29, 0.717) is 5.52 Å². The lowest BCUT2D eigenvalue weighted by Gasteiger charge is -2.13. The number of alkyl halides is 3. The second-order valence-corrected chi connectivity index (χ2v) is 5.26. The van der Waals surface area contributed by atoms with Crippen LogP contribution in [0.4, 0.5) is 13.2 Å². The lowest BCUT2D eigenvalue weighted by atomic mass is 10.1. The number of hydrogen-bond donors (Lipinski definition) is 1. The van der Waals surface area contributed by atoms with Crippen LogP contribution in [0.15, 0.2) is 48.8 Å². The smallest absolute Gasteiger partial charge is 0.417 e. The molecule has 1 amide bonds. The van der Waals surface area contributed by atoms with Crippen molar-refractivity contribution >= 4 is 22.9 Å². The van der Waals surface area contributed by atoms with Crippen LogP contribution < -0.4 is 5.43 Å². The number of carbonyl (C=O) groups excluding carboxylic acids is 2. The van der Waals surface area contributed by atoms with Gasteiger partial charge in [-0.3, -0.25) is 10.2 Å². The van der Waals surface area contributed by atoms with E-state index in [1.165, 1.54) is 31.6 Å². The minimum atomic E-state index is -4.66. The van der Waals surface area contributed by atoms with Gasteiger partial charge in [-0.2, -0.15) is 13.2 Å². The molecule has 1 aromatic heterocycles. The van der Waals surface area contributed by atoms with Crippen molar-refractivity contribution in [1.29, 1.82) is 0 Å². The number of ether oxygens (including phenoxy) is 1. The van der Waals surface area contributed by atoms with Gasteiger partial charge in [0.1, 0.15) is 11.8 Å². The quantitative estimate of drug-likeness (QED) is 0.725. The van der Waals surface area contributed by atoms with E-state index in [4.69, 9.17) is 0 Å². The van der Waals surface area contributed by atoms with Gasteiger partial charge in [0.2, 0.25) is 0 Å². The summed E-state index contributed by atoms with van der Waals surface area (Å²) in [6.07, 6.45) is -3.46. The van der Waals surface area contributed by atoms with Gasteiger partial charge in [0.15, 0.2) is 0 Å². The number of hydrogen-bond acceptors (Lipinski definition) is 4. The molecule has 9 heteroatoms. The summed E-state index contributed by atoms with van der Waals surface area (Å²) >= 11 is 0. The molecule has 3 aromatic rings. The van der Waals surface area contributed by atoms with Crippen LogP contribution in [0.5, 0.6) is 0 Å². The minimum absolute atomic E-state index is 0.175. The molecule has 0 spiro atoms. The first kappa shape index (κ1) is 17.5. The standard InChI is InChI=1S/C17H12F3N3O3/c1-26-16(25)11-6-4-8-13-14(11)21-9-23(13)22-15(24)10-5-2-3-7-12(10)17(18,19)20/h2-9H,1H3,(H,22,24). The van der Waals surface area contributed by atoms with E-state index < -0.39 is 29.2 Å². The monoisotopic (exact) mass is 363 g/mol. The molecular formula is C17H12F3N3O3. The van der Waals surface area contributed by atoms with Gasteiger partial charge in [-0.25, -0.2) is 14.5 Å². The fraction of sp³-hybridized carbons (Fsp3) is 0.118. The molecule has 2 aromatic carbocycles. The van der Waals surface area contributed by atoms with Crippen molar-refractivity contribution in [3.63, 3.8) is 0 Å². The molecule has 0 aliphatic carbocycles. The van der Waals surface area contributed by atoms with Crippen molar-refractivity contribution in [2.45, 2.75) is 6.18 Å². The highest BCUT2D eigenvalue weighted by Gasteiger charge is 2.35. The van der Waals surface area contributed by atoms with Crippen LogP contribution in [0.2, 0.25) is 0 Å². The summed E-state index contributed by atoms with van der Waals surface area (Å²) in [6, 6.07) is 9.05. The Labute approximate surface area is 145 Å². The van der Waals surface area contributed by atoms with Crippen LogP contribution in [0.3, 0.4) is 0 Å². The number of nitrogens with one attached hydrogen (secondary N) is 1. The van der Waals surface area contributed by atoms with Crippen LogP contribution >= 0.6 is 0 Å². The summed E-state index contributed by atoms with van der Waals surface area (Å²) in [5.41, 5.74) is 1.54. The van der Waals surface area contributed by atoms with E-state index in [2.05, 4.69) is 15.1 Å². The maximum atomic E-state index is 13.1. The molecular weight excluding hydrogens is 351 g/mol. The molecule has 0 saturated heterocycles. The number of carbonyl (C=O) groups is 2. The molecule has 134 valence electrons. The highest BCUT2D eigenvalue weighted by Crippen LogP contribution is 2.32. The second-order valence-electron chi connectivity index (χ2n) is 5.26. The van der Waals surface area contributed by atoms with Gasteiger partial charge in [0.25, 0.3) is 5.91 Å². The van der Waals surface area contributed by atoms with E-state index >= 15 is 0 Å². The average Bonchev–Trinajstić information content (AvgIpc) is 3.03. The summed E-state index contributed by atoms with van der Waals surface area (Å²) in [5.74, 6) is -1.57. The summed E-state index contributed by atoms with van der Waals surface area (Å²) in [5, 5.41) is 0. The van der Waals surface area contributed by atoms with Gasteiger partial charge in [0, 0.05) is 0 Å². The van der Waals surface area contributed by atoms with Crippen LogP contribution in [0.1, 0.15) is 26.3 Å². The lowest BCUT2D eigenvalue weighted by Crippen LogP contribution is -2.25. The fourth-order valence-corrected chi connectivity index (χ4v) is 2.50. The Balaban J connectivity index is 1.98. The van der Waals surface area contributed by atoms with Crippen molar-refractivity contribution in [3.05, 3.63) is 65.5 Å². The molecule has 0 fully saturated rings. The number of amides is 1. The molecule has 1 heterocycles. The van der Waals surface area contributed by atoms with Crippen LogP contribution in [0, 0.1) is 0 Å². The van der Waals surface area contributed by atoms with Crippen molar-refractivity contribution < 1.29 is 27.5 Å². The van der Waals surface area contributed by atoms with Crippen LogP contribution in [-0.2, 0) is 10.9 Å². The van der Waals surface area contributed by atoms with Gasteiger partial charge in [-0.15, -0.1) is 0 Å². The van der Waals surface area contributed by atoms with Gasteiger partial charge < -0.3 is 4.74 Å². The predicted octanol–water partition coefficient (Wildman–Crippen LogP) is 3.23. The summed E-state index contributed by atoms with van der Waals surface area (Å²) in [6.45, 7) is 0. The molecule has 1 N–H and O–H groups in total. The maximum absolute atomic E-state index is 13.1. The van der Waals surface area contributed by atoms with Crippen molar-refractivity contribution in [3.8, 4) is 0 Å². The van der Waals surface area contributed by atoms with Gasteiger partial charge in [-0.1, -0.05) is 18.2 Å². The number of aromatic nitrogens is 2. The first-order chi connectivity index (χ1) is 12.3. The number of rotatable bonds is 3. The molecule has 0 bridgehead atoms. The Kier molecular flexibility index (Phi) is 4.37. The zero-order valence-corrected chi connectivity index (χ0v) is 13.4. The predicted molar refractivity (Wildman–Crippen MR) is 86.2 cm³/mol. The molecule has 0 aliphatic heterocycles. The SMILES string of the molecule is COC(=O)c1cccc2c1ncn2NC(=O)c1ccccc1C(F)(F)F. The number of methoxy groups -OCH3 is 1. The number of benzene rings is 2. The number of fused-ring (bicyclic) bond motifs is 1. The number of nitrogens with zero attached hydrogens (tertiary/aromatic N) is 2. The largest absolute Gasteiger partial charge is 0.465 e. The highest BCUT2D eigenvalue weighted by atomic mass is 19.4. The van der Waals surface area contributed by atoms with Crippen LogP contribution in [0.25, 0.3) is 11.0 Å². The molecule has 26 heavy (non-hydrogen) atoms. The van der Waals surface area contributed by atoms with E-state index in [1.807, 2.05) is 0 Å². The number of halogens is 3. The molecule has 0 atom stereocenters. The first-order valence-electron chi connectivity index (χ1n) is 7.35. The Bertz CT molecular complexity index is 996. The first-order valence-corrected chi connectivity index (χ1v) is 7.35. The van der Waals surface area contributed by atoms with E-state index in [0.717, 1.165) is 16.8 Å². The maximum Gasteiger partial charge on any atom is 0.417 e. The Morgan fingerprint density at radius 1 is 1.08 bits per heavy atom. The molecule has 3 rings (SSSR count). The third-order valence-corrected chi connectivity index (χ3v) is 3.68. The summed E-state index contributed by atoms with van der Waals surface area (Å²) in [7, 11) is 1.22. The second kappa shape index (κ2) is 6.51. The third-order valence-electron chi connectivity index (χ3n) is 3.68. The molecule has 0 aliphatic rings. The lowest BCUT2D eigenvalue weighted by molar-refractivity contribution is -0.137. The van der Waals surface area contributed by atoms with Crippen molar-refractivity contribution in [2.24, 2.45) is 0 Å². The topological polar surface area (TPSA) is 73.2 Å². The van der Waals surface area contributed by atoms with Gasteiger partial charge >= 0.3 is 12.1 Å². The summed E-state index contributed by atoms with van der Waals surface area (Å²) in [4.78, 5) is 28.1. The Morgan fingerprint density at radius 3 is 2.46 bits per heavy atom. The number of para-hydroxylation sites is 1. The number of esters is 1. The summed E-state index contributed by atoms with van der Waals surface area (Å²) < 4.78 is 45.0. The zero-order valence-electron chi connectivity index (χ0n) is 13.4. The third kappa shape index (κ3) is 3.10. The van der Waals surface area contributed by atoms with E-state index in [9.17, 15) is 22.8 Å². The Hall–Kier alpha value is -3.36. The average molecular weight is 363 g/mol. The van der Waals surface area contributed by atoms with Crippen molar-refractivity contribution in [2.75, 3.05) is 12.5 Å². The van der Waals surface area contributed by atoms with Crippen LogP contribution in [-0.4, -0.2) is 28.6 Å². The van der Waals surface area contributed by atoms with Gasteiger partial charge in [-0.05, 0) is 24.3 Å². The van der Waals surface area contributed by atoms with Crippen molar-refractivity contribution in [1.82, 2.24) is 9.66 Å². The molecule has 6 nitrogen and oxygen atoms in total. The van der Waals surface area contributed by atoms with E-state index in [1.54, 1.807) is 12.1 Å². The normalized spacial score (nSPS) is 11.4. The minimum Gasteiger partial charge on any atom is -0.465 e. The van der Waals surface area contributed by atoms with E-state index in [-0.39, 0.29) is 11.1 Å². The van der Waals surface area contributed by atoms with Gasteiger partial charge in [0.05, 0.1) is 29.3 Å². The Morgan fingerprint density at radius 2 is 1.77 bits per heavy atom. The molecule has 0 saturated carbocycles. The fourth-order valence-electron chi connectivity index (χ4n) is 2.50. The highest BCUT2D eigenvalue weighted by molar-refractivity contribution is 6.04. The molecule has 0 unspecified atom stereocenters. The number of imidazole rings is 1.